The fourth-order valence-electron chi connectivity index (χ4n) is 3.02. The van der Waals surface area contributed by atoms with Crippen LogP contribution in [0.1, 0.15) is 28.6 Å². The Morgan fingerprint density at radius 1 is 1.15 bits per heavy atom. The second kappa shape index (κ2) is 5.91. The molecule has 1 aliphatic heterocycles. The molecule has 2 aromatic carbocycles. The van der Waals surface area contributed by atoms with E-state index in [9.17, 15) is 9.59 Å². The summed E-state index contributed by atoms with van der Waals surface area (Å²) in [4.78, 5) is 24.4. The van der Waals surface area contributed by atoms with Crippen molar-refractivity contribution in [1.82, 2.24) is 0 Å². The number of aryl methyl sites for hydroxylation is 2. The highest BCUT2D eigenvalue weighted by Gasteiger charge is 2.24. The maximum Gasteiger partial charge on any atom is 0.291 e. The molecule has 0 saturated carbocycles. The van der Waals surface area contributed by atoms with Crippen molar-refractivity contribution >= 4 is 34.2 Å². The smallest absolute Gasteiger partial charge is 0.291 e. The maximum absolute atomic E-state index is 12.7. The van der Waals surface area contributed by atoms with Crippen LogP contribution in [0.5, 0.6) is 5.75 Å². The van der Waals surface area contributed by atoms with Gasteiger partial charge in [0.05, 0.1) is 5.69 Å². The van der Waals surface area contributed by atoms with E-state index in [1.54, 1.807) is 25.1 Å². The number of fused-ring (bicyclic) bond motifs is 2. The van der Waals surface area contributed by atoms with Crippen molar-refractivity contribution in [3.63, 3.8) is 0 Å². The van der Waals surface area contributed by atoms with Crippen LogP contribution < -0.4 is 15.4 Å². The van der Waals surface area contributed by atoms with Gasteiger partial charge in [0.25, 0.3) is 11.8 Å². The van der Waals surface area contributed by atoms with Gasteiger partial charge in [-0.3, -0.25) is 9.59 Å². The van der Waals surface area contributed by atoms with E-state index in [-0.39, 0.29) is 17.6 Å². The highest BCUT2D eigenvalue weighted by atomic mass is 16.5. The van der Waals surface area contributed by atoms with Crippen LogP contribution in [0.4, 0.5) is 11.4 Å². The van der Waals surface area contributed by atoms with Crippen molar-refractivity contribution in [2.45, 2.75) is 26.9 Å². The molecule has 2 amide bonds. The molecule has 4 rings (SSSR count). The molecule has 1 unspecified atom stereocenters. The number of amides is 2. The largest absolute Gasteiger partial charge is 0.479 e. The van der Waals surface area contributed by atoms with Crippen molar-refractivity contribution in [1.29, 1.82) is 0 Å². The number of carbonyl (C=O) groups is 2. The number of rotatable bonds is 2. The Kier molecular flexibility index (Phi) is 3.68. The average Bonchev–Trinajstić information content (AvgIpc) is 2.92. The van der Waals surface area contributed by atoms with Gasteiger partial charge in [0.1, 0.15) is 11.3 Å². The zero-order chi connectivity index (χ0) is 18.4. The van der Waals surface area contributed by atoms with Crippen LogP contribution in [-0.2, 0) is 4.79 Å². The van der Waals surface area contributed by atoms with Crippen molar-refractivity contribution in [3.8, 4) is 5.75 Å². The molecule has 3 aromatic rings. The number of nitrogens with one attached hydrogen (secondary N) is 2. The first kappa shape index (κ1) is 16.2. The van der Waals surface area contributed by atoms with Crippen molar-refractivity contribution in [2.24, 2.45) is 0 Å². The molecule has 26 heavy (non-hydrogen) atoms. The normalized spacial score (nSPS) is 16.0. The minimum absolute atomic E-state index is 0.218. The molecule has 0 fully saturated rings. The second-order valence-corrected chi connectivity index (χ2v) is 6.47. The summed E-state index contributed by atoms with van der Waals surface area (Å²) in [5, 5.41) is 6.49. The Labute approximate surface area is 150 Å². The molecule has 0 bridgehead atoms. The summed E-state index contributed by atoms with van der Waals surface area (Å²) in [6, 6.07) is 11.0. The zero-order valence-electron chi connectivity index (χ0n) is 14.7. The van der Waals surface area contributed by atoms with Gasteiger partial charge in [0, 0.05) is 16.6 Å². The molecule has 2 N–H and O–H groups in total. The fraction of sp³-hybridized carbons (Fsp3) is 0.200. The summed E-state index contributed by atoms with van der Waals surface area (Å²) < 4.78 is 11.3. The Morgan fingerprint density at radius 2 is 1.96 bits per heavy atom. The first-order valence-corrected chi connectivity index (χ1v) is 8.35. The van der Waals surface area contributed by atoms with E-state index in [4.69, 9.17) is 9.15 Å². The maximum atomic E-state index is 12.7. The third kappa shape index (κ3) is 2.69. The van der Waals surface area contributed by atoms with Gasteiger partial charge in [-0.2, -0.15) is 0 Å². The molecule has 0 aliphatic carbocycles. The van der Waals surface area contributed by atoms with Crippen LogP contribution in [0.25, 0.3) is 11.0 Å². The molecule has 0 saturated heterocycles. The Balaban J connectivity index is 1.62. The lowest BCUT2D eigenvalue weighted by atomic mass is 10.1. The molecule has 132 valence electrons. The van der Waals surface area contributed by atoms with Gasteiger partial charge in [-0.05, 0) is 50.6 Å². The number of hydrogen-bond donors (Lipinski definition) is 2. The molecule has 1 aliphatic rings. The van der Waals surface area contributed by atoms with E-state index < -0.39 is 6.10 Å². The van der Waals surface area contributed by atoms with Gasteiger partial charge < -0.3 is 19.8 Å². The third-order valence-electron chi connectivity index (χ3n) is 4.47. The van der Waals surface area contributed by atoms with Crippen LogP contribution in [0.15, 0.2) is 40.8 Å². The van der Waals surface area contributed by atoms with Crippen molar-refractivity contribution < 1.29 is 18.7 Å². The van der Waals surface area contributed by atoms with Gasteiger partial charge in [0.15, 0.2) is 11.9 Å². The molecule has 1 aromatic heterocycles. The summed E-state index contributed by atoms with van der Waals surface area (Å²) in [6.45, 7) is 5.51. The molecule has 0 spiro atoms. The average molecular weight is 350 g/mol. The predicted octanol–water partition coefficient (Wildman–Crippen LogP) is 4.02. The number of carbonyl (C=O) groups excluding carboxylic acids is 2. The van der Waals surface area contributed by atoms with Crippen LogP contribution in [0.2, 0.25) is 0 Å². The van der Waals surface area contributed by atoms with Crippen molar-refractivity contribution in [2.75, 3.05) is 10.6 Å². The molecule has 6 nitrogen and oxygen atoms in total. The van der Waals surface area contributed by atoms with Gasteiger partial charge in [-0.1, -0.05) is 12.1 Å². The van der Waals surface area contributed by atoms with E-state index in [0.717, 1.165) is 16.5 Å². The quantitative estimate of drug-likeness (QED) is 0.731. The lowest BCUT2D eigenvalue weighted by Gasteiger charge is -2.23. The van der Waals surface area contributed by atoms with Crippen LogP contribution in [0, 0.1) is 13.8 Å². The number of hydrogen-bond acceptors (Lipinski definition) is 4. The highest BCUT2D eigenvalue weighted by Crippen LogP contribution is 2.33. The first-order chi connectivity index (χ1) is 12.4. The third-order valence-corrected chi connectivity index (χ3v) is 4.47. The van der Waals surface area contributed by atoms with Gasteiger partial charge >= 0.3 is 0 Å². The van der Waals surface area contributed by atoms with E-state index in [2.05, 4.69) is 10.6 Å². The van der Waals surface area contributed by atoms with E-state index in [1.165, 1.54) is 0 Å². The molecular formula is C20H18N2O4. The molecular weight excluding hydrogens is 332 g/mol. The van der Waals surface area contributed by atoms with E-state index in [1.807, 2.05) is 32.0 Å². The standard InChI is InChI=1S/C20H18N2O4/c1-10-4-6-14-11(2)18(26-17(14)8-10)20(24)21-13-5-7-16-15(9-13)22-19(23)12(3)25-16/h4-9,12H,1-3H3,(H,21,24)(H,22,23). The minimum Gasteiger partial charge on any atom is -0.479 e. The lowest BCUT2D eigenvalue weighted by molar-refractivity contribution is -0.122. The summed E-state index contributed by atoms with van der Waals surface area (Å²) >= 11 is 0. The fourth-order valence-corrected chi connectivity index (χ4v) is 3.02. The minimum atomic E-state index is -0.537. The monoisotopic (exact) mass is 350 g/mol. The summed E-state index contributed by atoms with van der Waals surface area (Å²) in [5.41, 5.74) is 3.62. The molecule has 1 atom stereocenters. The Hall–Kier alpha value is -3.28. The number of furan rings is 1. The summed E-state index contributed by atoms with van der Waals surface area (Å²) in [5.74, 6) is 0.292. The van der Waals surface area contributed by atoms with Gasteiger partial charge in [-0.25, -0.2) is 0 Å². The topological polar surface area (TPSA) is 80.6 Å². The van der Waals surface area contributed by atoms with Gasteiger partial charge in [0.2, 0.25) is 0 Å². The van der Waals surface area contributed by atoms with E-state index in [0.29, 0.717) is 22.7 Å². The molecule has 2 heterocycles. The number of ether oxygens (including phenoxy) is 1. The zero-order valence-corrected chi connectivity index (χ0v) is 14.7. The SMILES string of the molecule is Cc1ccc2c(C)c(C(=O)Nc3ccc4c(c3)NC(=O)C(C)O4)oc2c1. The van der Waals surface area contributed by atoms with Crippen LogP contribution >= 0.6 is 0 Å². The van der Waals surface area contributed by atoms with E-state index >= 15 is 0 Å². The number of benzene rings is 2. The van der Waals surface area contributed by atoms with Gasteiger partial charge in [-0.15, -0.1) is 0 Å². The lowest BCUT2D eigenvalue weighted by Crippen LogP contribution is -2.34. The van der Waals surface area contributed by atoms with Crippen LogP contribution in [-0.4, -0.2) is 17.9 Å². The second-order valence-electron chi connectivity index (χ2n) is 6.47. The summed E-state index contributed by atoms with van der Waals surface area (Å²) in [6.07, 6.45) is -0.537. The molecule has 0 radical (unpaired) electrons. The molecule has 6 heteroatoms. The number of anilines is 2. The van der Waals surface area contributed by atoms with Crippen LogP contribution in [0.3, 0.4) is 0 Å². The Bertz CT molecular complexity index is 1050. The highest BCUT2D eigenvalue weighted by molar-refractivity contribution is 6.07. The predicted molar refractivity (Wildman–Crippen MR) is 98.8 cm³/mol. The first-order valence-electron chi connectivity index (χ1n) is 8.35. The Morgan fingerprint density at radius 3 is 2.77 bits per heavy atom. The van der Waals surface area contributed by atoms with Crippen molar-refractivity contribution in [3.05, 3.63) is 53.3 Å². The summed E-state index contributed by atoms with van der Waals surface area (Å²) in [7, 11) is 0.